The number of hydrogen-bond donors (Lipinski definition) is 2. The first-order valence-corrected chi connectivity index (χ1v) is 6.16. The van der Waals surface area contributed by atoms with E-state index in [-0.39, 0.29) is 18.3 Å². The molecule has 0 aromatic carbocycles. The van der Waals surface area contributed by atoms with Gasteiger partial charge in [0.1, 0.15) is 11.4 Å². The molecule has 4 aliphatic carbocycles. The maximum absolute atomic E-state index is 11.6. The van der Waals surface area contributed by atoms with Gasteiger partial charge in [-0.25, -0.2) is 4.79 Å². The van der Waals surface area contributed by atoms with Crippen molar-refractivity contribution in [3.05, 3.63) is 5.57 Å². The molecule has 4 fully saturated rings. The van der Waals surface area contributed by atoms with Gasteiger partial charge in [0.2, 0.25) is 0 Å². The molecule has 0 radical (unpaired) electrons. The zero-order valence-corrected chi connectivity index (χ0v) is 9.81. The summed E-state index contributed by atoms with van der Waals surface area (Å²) in [6, 6.07) is 0. The molecule has 5 heteroatoms. The van der Waals surface area contributed by atoms with Crippen LogP contribution in [0.25, 0.3) is 0 Å². The molecular formula is C13H14O5. The van der Waals surface area contributed by atoms with Crippen molar-refractivity contribution in [2.75, 3.05) is 0 Å². The lowest BCUT2D eigenvalue weighted by Gasteiger charge is -2.58. The minimum atomic E-state index is -1.26. The Labute approximate surface area is 103 Å². The third-order valence-corrected chi connectivity index (χ3v) is 5.11. The van der Waals surface area contributed by atoms with E-state index < -0.39 is 22.8 Å². The van der Waals surface area contributed by atoms with Crippen LogP contribution >= 0.6 is 0 Å². The van der Waals surface area contributed by atoms with Crippen LogP contribution < -0.4 is 0 Å². The van der Waals surface area contributed by atoms with Crippen molar-refractivity contribution in [3.8, 4) is 0 Å². The Morgan fingerprint density at radius 3 is 2.44 bits per heavy atom. The SMILES string of the molecule is O=C=C1C2CC3CC(C(=O)O)(C2)CC1(C(=O)O)C3. The standard InChI is InChI=1S/C13H14O5/c14-5-9-8-1-7-2-12(4-8,10(15)16)6-13(9,3-7)11(17)18/h7-8H,1-4,6H2,(H,15,16)(H,17,18). The molecule has 4 saturated carbocycles. The Bertz CT molecular complexity index is 504. The number of hydrogen-bond acceptors (Lipinski definition) is 3. The molecule has 0 saturated heterocycles. The largest absolute Gasteiger partial charge is 0.481 e. The molecule has 0 aromatic rings. The topological polar surface area (TPSA) is 91.7 Å². The predicted molar refractivity (Wildman–Crippen MR) is 59.4 cm³/mol. The van der Waals surface area contributed by atoms with E-state index in [0.717, 1.165) is 6.42 Å². The molecule has 4 aliphatic rings. The van der Waals surface area contributed by atoms with E-state index in [1.54, 1.807) is 0 Å². The zero-order chi connectivity index (χ0) is 13.1. The van der Waals surface area contributed by atoms with E-state index in [1.165, 1.54) is 0 Å². The summed E-state index contributed by atoms with van der Waals surface area (Å²) >= 11 is 0. The fourth-order valence-corrected chi connectivity index (χ4v) is 4.64. The average molecular weight is 250 g/mol. The fourth-order valence-electron chi connectivity index (χ4n) is 4.64. The normalized spacial score (nSPS) is 44.8. The molecule has 0 heterocycles. The zero-order valence-electron chi connectivity index (χ0n) is 9.81. The fraction of sp³-hybridized carbons (Fsp3) is 0.692. The summed E-state index contributed by atoms with van der Waals surface area (Å²) < 4.78 is 0. The Morgan fingerprint density at radius 1 is 1.17 bits per heavy atom. The number of aliphatic carboxylic acids is 2. The van der Waals surface area contributed by atoms with Crippen molar-refractivity contribution in [2.24, 2.45) is 22.7 Å². The van der Waals surface area contributed by atoms with E-state index >= 15 is 0 Å². The van der Waals surface area contributed by atoms with Crippen molar-refractivity contribution in [3.63, 3.8) is 0 Å². The summed E-state index contributed by atoms with van der Waals surface area (Å²) in [5.41, 5.74) is -1.89. The third kappa shape index (κ3) is 1.15. The monoisotopic (exact) mass is 250 g/mol. The molecule has 0 spiro atoms. The first-order valence-electron chi connectivity index (χ1n) is 6.16. The Kier molecular flexibility index (Phi) is 2.06. The average Bonchev–Trinajstić information content (AvgIpc) is 2.27. The summed E-state index contributed by atoms with van der Waals surface area (Å²) in [5, 5.41) is 18.9. The lowest BCUT2D eigenvalue weighted by molar-refractivity contribution is -0.176. The maximum Gasteiger partial charge on any atom is 0.314 e. The highest BCUT2D eigenvalue weighted by atomic mass is 16.4. The van der Waals surface area contributed by atoms with Crippen LogP contribution in [0.5, 0.6) is 0 Å². The van der Waals surface area contributed by atoms with Gasteiger partial charge >= 0.3 is 11.9 Å². The summed E-state index contributed by atoms with van der Waals surface area (Å²) in [5.74, 6) is -0.232. The highest BCUT2D eigenvalue weighted by molar-refractivity contribution is 5.87. The minimum absolute atomic E-state index is 0.0578. The van der Waals surface area contributed by atoms with E-state index in [0.29, 0.717) is 24.8 Å². The smallest absolute Gasteiger partial charge is 0.314 e. The second-order valence-corrected chi connectivity index (χ2v) is 6.08. The molecule has 0 amide bonds. The van der Waals surface area contributed by atoms with Crippen molar-refractivity contribution in [1.82, 2.24) is 0 Å². The molecule has 2 N–H and O–H groups in total. The molecule has 0 aliphatic heterocycles. The first kappa shape index (κ1) is 11.5. The van der Waals surface area contributed by atoms with Gasteiger partial charge in [-0.05, 0) is 43.9 Å². The van der Waals surface area contributed by atoms with Crippen LogP contribution in [0, 0.1) is 22.7 Å². The Morgan fingerprint density at radius 2 is 1.89 bits per heavy atom. The second-order valence-electron chi connectivity index (χ2n) is 6.08. The van der Waals surface area contributed by atoms with Crippen LogP contribution in [0.2, 0.25) is 0 Å². The lowest BCUT2D eigenvalue weighted by atomic mass is 9.42. The summed E-state index contributed by atoms with van der Waals surface area (Å²) in [4.78, 5) is 34.2. The maximum atomic E-state index is 11.6. The molecule has 18 heavy (non-hydrogen) atoms. The van der Waals surface area contributed by atoms with E-state index in [1.807, 2.05) is 5.94 Å². The van der Waals surface area contributed by atoms with Crippen LogP contribution in [0.3, 0.4) is 0 Å². The van der Waals surface area contributed by atoms with Crippen LogP contribution in [0.15, 0.2) is 5.57 Å². The van der Waals surface area contributed by atoms with Gasteiger partial charge in [-0.1, -0.05) is 0 Å². The van der Waals surface area contributed by atoms with Crippen LogP contribution in [-0.2, 0) is 14.4 Å². The van der Waals surface area contributed by atoms with Gasteiger partial charge in [-0.3, -0.25) is 9.59 Å². The number of carbonyl (C=O) groups is 2. The highest BCUT2D eigenvalue weighted by Crippen LogP contribution is 2.67. The number of carbonyl (C=O) groups excluding carboxylic acids is 1. The first-order chi connectivity index (χ1) is 8.43. The lowest BCUT2D eigenvalue weighted by Crippen LogP contribution is -2.59. The predicted octanol–water partition coefficient (Wildman–Crippen LogP) is 1.11. The Balaban J connectivity index is 2.16. The van der Waals surface area contributed by atoms with Crippen LogP contribution in [0.4, 0.5) is 0 Å². The number of carboxylic acid groups (broad SMARTS) is 2. The van der Waals surface area contributed by atoms with Gasteiger partial charge in [0, 0.05) is 5.57 Å². The van der Waals surface area contributed by atoms with E-state index in [2.05, 4.69) is 0 Å². The number of carboxylic acids is 2. The van der Waals surface area contributed by atoms with Gasteiger partial charge in [0.15, 0.2) is 0 Å². The van der Waals surface area contributed by atoms with E-state index in [9.17, 15) is 24.6 Å². The molecule has 4 unspecified atom stereocenters. The molecule has 4 atom stereocenters. The summed E-state index contributed by atoms with van der Waals surface area (Å²) in [7, 11) is 0. The van der Waals surface area contributed by atoms with Crippen molar-refractivity contribution >= 4 is 17.9 Å². The van der Waals surface area contributed by atoms with Crippen LogP contribution in [-0.4, -0.2) is 28.1 Å². The van der Waals surface area contributed by atoms with Crippen molar-refractivity contribution in [2.45, 2.75) is 32.1 Å². The Hall–Kier alpha value is -1.61. The van der Waals surface area contributed by atoms with Gasteiger partial charge < -0.3 is 10.2 Å². The molecule has 4 rings (SSSR count). The quantitative estimate of drug-likeness (QED) is 0.716. The van der Waals surface area contributed by atoms with Crippen molar-refractivity contribution in [1.29, 1.82) is 0 Å². The molecule has 0 aromatic heterocycles. The second kappa shape index (κ2) is 3.23. The molecule has 4 bridgehead atoms. The van der Waals surface area contributed by atoms with Crippen molar-refractivity contribution < 1.29 is 24.6 Å². The van der Waals surface area contributed by atoms with Crippen LogP contribution in [0.1, 0.15) is 32.1 Å². The number of rotatable bonds is 2. The molecular weight excluding hydrogens is 236 g/mol. The third-order valence-electron chi connectivity index (χ3n) is 5.11. The van der Waals surface area contributed by atoms with Gasteiger partial charge in [-0.2, -0.15) is 0 Å². The summed E-state index contributed by atoms with van der Waals surface area (Å²) in [6.07, 6.45) is 2.16. The molecule has 96 valence electrons. The van der Waals surface area contributed by atoms with Gasteiger partial charge in [-0.15, -0.1) is 0 Å². The molecule has 5 nitrogen and oxygen atoms in total. The minimum Gasteiger partial charge on any atom is -0.481 e. The highest BCUT2D eigenvalue weighted by Gasteiger charge is 2.66. The summed E-state index contributed by atoms with van der Waals surface area (Å²) in [6.45, 7) is 0. The van der Waals surface area contributed by atoms with Gasteiger partial charge in [0.25, 0.3) is 0 Å². The van der Waals surface area contributed by atoms with Gasteiger partial charge in [0.05, 0.1) is 5.41 Å². The van der Waals surface area contributed by atoms with E-state index in [4.69, 9.17) is 0 Å².